The van der Waals surface area contributed by atoms with Crippen molar-refractivity contribution in [3.8, 4) is 11.3 Å². The molecule has 3 aromatic heterocycles. The molecule has 0 radical (unpaired) electrons. The predicted octanol–water partition coefficient (Wildman–Crippen LogP) is 4.59. The first-order valence-electron chi connectivity index (χ1n) is 12.3. The number of fused-ring (bicyclic) bond motifs is 3. The highest BCUT2D eigenvalue weighted by Gasteiger charge is 2.41. The van der Waals surface area contributed by atoms with E-state index in [0.717, 1.165) is 62.1 Å². The molecule has 1 N–H and O–H groups in total. The standard InChI is InChI=1S/C26H33N5O2/c1-3-4-11-33-21-13-18-7-5-8-19(14-21)23(18)30-26(32)24-25-29-22(20-9-6-10-27-15-20)12-17(2)31(25)16-28-24/h6,9-10,12,15-16,18-19,21,23H,3-5,7-8,11,13-14H2,1-2H3,(H,30,32)/t18-,19+,21+,23+. The summed E-state index contributed by atoms with van der Waals surface area (Å²) in [5.41, 5.74) is 3.68. The Morgan fingerprint density at radius 3 is 2.82 bits per heavy atom. The lowest BCUT2D eigenvalue weighted by atomic mass is 9.67. The van der Waals surface area contributed by atoms with Crippen LogP contribution in [0.1, 0.15) is 68.1 Å². The van der Waals surface area contributed by atoms with E-state index in [4.69, 9.17) is 9.72 Å². The zero-order valence-corrected chi connectivity index (χ0v) is 19.5. The largest absolute Gasteiger partial charge is 0.378 e. The zero-order chi connectivity index (χ0) is 22.8. The number of aromatic nitrogens is 4. The average Bonchev–Trinajstić information content (AvgIpc) is 3.25. The number of amides is 1. The summed E-state index contributed by atoms with van der Waals surface area (Å²) in [6, 6.07) is 6.06. The SMILES string of the molecule is CCCCO[C@H]1C[C@H]2CCC[C@@H](C1)[C@H]2NC(=O)c1ncn2c(C)cc(-c3cccnc3)nc12. The molecule has 0 unspecified atom stereocenters. The molecular formula is C26H33N5O2. The molecule has 174 valence electrons. The third-order valence-corrected chi connectivity index (χ3v) is 7.31. The monoisotopic (exact) mass is 447 g/mol. The first kappa shape index (κ1) is 22.0. The van der Waals surface area contributed by atoms with E-state index in [9.17, 15) is 4.79 Å². The molecule has 1 amide bonds. The van der Waals surface area contributed by atoms with Gasteiger partial charge in [-0.2, -0.15) is 0 Å². The van der Waals surface area contributed by atoms with Crippen LogP contribution in [-0.2, 0) is 4.74 Å². The molecular weight excluding hydrogens is 414 g/mol. The van der Waals surface area contributed by atoms with Crippen molar-refractivity contribution in [3.63, 3.8) is 0 Å². The number of hydrogen-bond acceptors (Lipinski definition) is 5. The Kier molecular flexibility index (Phi) is 6.40. The van der Waals surface area contributed by atoms with Gasteiger partial charge in [0.25, 0.3) is 5.91 Å². The van der Waals surface area contributed by atoms with Gasteiger partial charge in [-0.3, -0.25) is 14.2 Å². The number of unbranched alkanes of at least 4 members (excludes halogenated alkanes) is 1. The molecule has 2 saturated carbocycles. The van der Waals surface area contributed by atoms with Crippen molar-refractivity contribution in [1.29, 1.82) is 0 Å². The molecule has 2 aliphatic carbocycles. The molecule has 2 aliphatic rings. The number of carbonyl (C=O) groups is 1. The summed E-state index contributed by atoms with van der Waals surface area (Å²) >= 11 is 0. The van der Waals surface area contributed by atoms with Crippen LogP contribution >= 0.6 is 0 Å². The average molecular weight is 448 g/mol. The van der Waals surface area contributed by atoms with Gasteiger partial charge in [0.1, 0.15) is 6.33 Å². The molecule has 0 aliphatic heterocycles. The van der Waals surface area contributed by atoms with Crippen LogP contribution in [0, 0.1) is 18.8 Å². The van der Waals surface area contributed by atoms with Crippen molar-refractivity contribution in [1.82, 2.24) is 24.7 Å². The van der Waals surface area contributed by atoms with E-state index in [2.05, 4.69) is 22.2 Å². The minimum atomic E-state index is -0.125. The number of nitrogens with one attached hydrogen (secondary N) is 1. The van der Waals surface area contributed by atoms with Crippen molar-refractivity contribution in [2.75, 3.05) is 6.61 Å². The van der Waals surface area contributed by atoms with Crippen LogP contribution in [0.5, 0.6) is 0 Å². The van der Waals surface area contributed by atoms with Gasteiger partial charge in [0.05, 0.1) is 11.8 Å². The van der Waals surface area contributed by atoms with Crippen molar-refractivity contribution in [2.45, 2.75) is 70.9 Å². The Labute approximate surface area is 195 Å². The maximum absolute atomic E-state index is 13.4. The smallest absolute Gasteiger partial charge is 0.274 e. The Morgan fingerprint density at radius 2 is 2.09 bits per heavy atom. The van der Waals surface area contributed by atoms with Crippen molar-refractivity contribution in [2.24, 2.45) is 11.8 Å². The maximum atomic E-state index is 13.4. The summed E-state index contributed by atoms with van der Waals surface area (Å²) in [7, 11) is 0. The summed E-state index contributed by atoms with van der Waals surface area (Å²) in [4.78, 5) is 26.9. The number of aryl methyl sites for hydroxylation is 1. The fourth-order valence-corrected chi connectivity index (χ4v) is 5.62. The highest BCUT2D eigenvalue weighted by molar-refractivity contribution is 5.98. The lowest BCUT2D eigenvalue weighted by molar-refractivity contribution is -0.0329. The Bertz CT molecular complexity index is 1100. The molecule has 3 heterocycles. The molecule has 2 bridgehead atoms. The van der Waals surface area contributed by atoms with Gasteiger partial charge in [0.2, 0.25) is 0 Å². The van der Waals surface area contributed by atoms with E-state index in [0.29, 0.717) is 29.3 Å². The number of imidazole rings is 1. The van der Waals surface area contributed by atoms with Crippen LogP contribution < -0.4 is 5.32 Å². The summed E-state index contributed by atoms with van der Waals surface area (Å²) < 4.78 is 8.05. The molecule has 0 aromatic carbocycles. The van der Waals surface area contributed by atoms with Crippen molar-refractivity contribution in [3.05, 3.63) is 48.3 Å². The summed E-state index contributed by atoms with van der Waals surface area (Å²) in [6.07, 6.45) is 13.5. The van der Waals surface area contributed by atoms with Gasteiger partial charge in [-0.1, -0.05) is 19.8 Å². The molecule has 4 atom stereocenters. The second-order valence-electron chi connectivity index (χ2n) is 9.58. The number of pyridine rings is 1. The maximum Gasteiger partial charge on any atom is 0.274 e. The quantitative estimate of drug-likeness (QED) is 0.536. The molecule has 7 nitrogen and oxygen atoms in total. The van der Waals surface area contributed by atoms with E-state index >= 15 is 0 Å². The van der Waals surface area contributed by atoms with E-state index in [1.54, 1.807) is 18.7 Å². The first-order valence-corrected chi connectivity index (χ1v) is 12.3. The van der Waals surface area contributed by atoms with Crippen LogP contribution in [-0.4, -0.2) is 44.0 Å². The zero-order valence-electron chi connectivity index (χ0n) is 19.5. The van der Waals surface area contributed by atoms with Crippen LogP contribution in [0.2, 0.25) is 0 Å². The highest BCUT2D eigenvalue weighted by Crippen LogP contribution is 2.41. The lowest BCUT2D eigenvalue weighted by Crippen LogP contribution is -2.52. The van der Waals surface area contributed by atoms with E-state index in [-0.39, 0.29) is 11.9 Å². The first-order chi connectivity index (χ1) is 16.1. The third-order valence-electron chi connectivity index (χ3n) is 7.31. The number of rotatable bonds is 7. The molecule has 7 heteroatoms. The minimum absolute atomic E-state index is 0.125. The minimum Gasteiger partial charge on any atom is -0.378 e. The van der Waals surface area contributed by atoms with Gasteiger partial charge in [0.15, 0.2) is 11.3 Å². The van der Waals surface area contributed by atoms with E-state index < -0.39 is 0 Å². The number of nitrogens with zero attached hydrogens (tertiary/aromatic N) is 4. The van der Waals surface area contributed by atoms with Crippen molar-refractivity contribution >= 4 is 11.6 Å². The fraction of sp³-hybridized carbons (Fsp3) is 0.538. The molecule has 0 saturated heterocycles. The van der Waals surface area contributed by atoms with Crippen molar-refractivity contribution < 1.29 is 9.53 Å². The molecule has 3 aromatic rings. The van der Waals surface area contributed by atoms with Crippen LogP contribution in [0.15, 0.2) is 36.9 Å². The summed E-state index contributed by atoms with van der Waals surface area (Å²) in [5, 5.41) is 3.36. The predicted molar refractivity (Wildman–Crippen MR) is 127 cm³/mol. The molecule has 2 fully saturated rings. The third kappa shape index (κ3) is 4.51. The van der Waals surface area contributed by atoms with Gasteiger partial charge in [-0.15, -0.1) is 0 Å². The number of ether oxygens (including phenoxy) is 1. The summed E-state index contributed by atoms with van der Waals surface area (Å²) in [5.74, 6) is 0.824. The second-order valence-corrected chi connectivity index (χ2v) is 9.58. The van der Waals surface area contributed by atoms with Gasteiger partial charge in [-0.05, 0) is 69.1 Å². The highest BCUT2D eigenvalue weighted by atomic mass is 16.5. The van der Waals surface area contributed by atoms with Gasteiger partial charge in [-0.25, -0.2) is 9.97 Å². The lowest BCUT2D eigenvalue weighted by Gasteiger charge is -2.45. The number of hydrogen-bond donors (Lipinski definition) is 1. The normalized spacial score (nSPS) is 24.7. The number of carbonyl (C=O) groups excluding carboxylic acids is 1. The second kappa shape index (κ2) is 9.59. The van der Waals surface area contributed by atoms with E-state index in [1.807, 2.05) is 29.5 Å². The summed E-state index contributed by atoms with van der Waals surface area (Å²) in [6.45, 7) is 5.05. The van der Waals surface area contributed by atoms with Gasteiger partial charge >= 0.3 is 0 Å². The van der Waals surface area contributed by atoms with Crippen LogP contribution in [0.4, 0.5) is 0 Å². The molecule has 5 rings (SSSR count). The fourth-order valence-electron chi connectivity index (χ4n) is 5.62. The van der Waals surface area contributed by atoms with Crippen LogP contribution in [0.3, 0.4) is 0 Å². The van der Waals surface area contributed by atoms with Gasteiger partial charge in [0, 0.05) is 36.3 Å². The van der Waals surface area contributed by atoms with Crippen LogP contribution in [0.25, 0.3) is 16.9 Å². The van der Waals surface area contributed by atoms with E-state index in [1.165, 1.54) is 6.42 Å². The Hall–Kier alpha value is -2.80. The van der Waals surface area contributed by atoms with Gasteiger partial charge < -0.3 is 10.1 Å². The Balaban J connectivity index is 1.36. The topological polar surface area (TPSA) is 81.4 Å². The molecule has 0 spiro atoms. The Morgan fingerprint density at radius 1 is 1.27 bits per heavy atom. The molecule has 33 heavy (non-hydrogen) atoms.